The van der Waals surface area contributed by atoms with Gasteiger partial charge in [-0.3, -0.25) is 0 Å². The van der Waals surface area contributed by atoms with Crippen LogP contribution in [0.25, 0.3) is 0 Å². The van der Waals surface area contributed by atoms with Crippen LogP contribution in [-0.2, 0) is 9.53 Å². The highest BCUT2D eigenvalue weighted by molar-refractivity contribution is 5.87. The van der Waals surface area contributed by atoms with E-state index in [0.29, 0.717) is 12.5 Å². The summed E-state index contributed by atoms with van der Waals surface area (Å²) in [6.07, 6.45) is 18.8. The van der Waals surface area contributed by atoms with Gasteiger partial charge in [0, 0.05) is 5.57 Å². The van der Waals surface area contributed by atoms with Gasteiger partial charge in [-0.15, -0.1) is 0 Å². The van der Waals surface area contributed by atoms with Gasteiger partial charge in [0.05, 0.1) is 6.61 Å². The molecule has 0 N–H and O–H groups in total. The maximum absolute atomic E-state index is 11.9. The summed E-state index contributed by atoms with van der Waals surface area (Å²) >= 11 is 0. The lowest BCUT2D eigenvalue weighted by molar-refractivity contribution is -0.139. The van der Waals surface area contributed by atoms with Crippen molar-refractivity contribution in [3.8, 4) is 0 Å². The first kappa shape index (κ1) is 19.3. The Morgan fingerprint density at radius 3 is 2.18 bits per heavy atom. The maximum atomic E-state index is 11.9. The minimum absolute atomic E-state index is 0.103. The van der Waals surface area contributed by atoms with Crippen molar-refractivity contribution in [3.05, 3.63) is 11.6 Å². The normalized spacial score (nSPS) is 16.7. The molecule has 1 rings (SSSR count). The van der Waals surface area contributed by atoms with Crippen molar-refractivity contribution in [1.29, 1.82) is 0 Å². The largest absolute Gasteiger partial charge is 0.462 e. The van der Waals surface area contributed by atoms with Gasteiger partial charge in [-0.1, -0.05) is 77.2 Å². The van der Waals surface area contributed by atoms with Gasteiger partial charge in [0.25, 0.3) is 0 Å². The Bertz CT molecular complexity index is 314. The molecule has 2 heteroatoms. The van der Waals surface area contributed by atoms with Crippen LogP contribution in [0, 0.1) is 5.92 Å². The second-order valence-electron chi connectivity index (χ2n) is 6.86. The fraction of sp³-hybridized carbons (Fsp3) is 0.850. The van der Waals surface area contributed by atoms with Crippen molar-refractivity contribution in [1.82, 2.24) is 0 Å². The van der Waals surface area contributed by atoms with Gasteiger partial charge in [-0.25, -0.2) is 4.79 Å². The van der Waals surface area contributed by atoms with Crippen LogP contribution >= 0.6 is 0 Å². The lowest BCUT2D eigenvalue weighted by Gasteiger charge is -2.18. The molecular formula is C20H36O2. The van der Waals surface area contributed by atoms with Gasteiger partial charge in [0.2, 0.25) is 0 Å². The summed E-state index contributed by atoms with van der Waals surface area (Å²) in [4.78, 5) is 11.9. The van der Waals surface area contributed by atoms with Crippen molar-refractivity contribution in [3.63, 3.8) is 0 Å². The van der Waals surface area contributed by atoms with E-state index in [-0.39, 0.29) is 5.97 Å². The number of allylic oxidation sites excluding steroid dienone is 1. The van der Waals surface area contributed by atoms with Crippen LogP contribution in [0.2, 0.25) is 0 Å². The summed E-state index contributed by atoms with van der Waals surface area (Å²) < 4.78 is 5.38. The van der Waals surface area contributed by atoms with Crippen LogP contribution in [-0.4, -0.2) is 12.6 Å². The number of esters is 1. The number of unbranched alkanes of at least 4 members (excludes halogenated alkanes) is 7. The molecule has 2 nitrogen and oxygen atoms in total. The molecule has 1 aliphatic rings. The molecule has 0 amide bonds. The summed E-state index contributed by atoms with van der Waals surface area (Å²) in [7, 11) is 0. The average molecular weight is 309 g/mol. The molecule has 1 aliphatic carbocycles. The summed E-state index contributed by atoms with van der Waals surface area (Å²) in [5.74, 6) is 0.498. The Kier molecular flexibility index (Phi) is 11.1. The van der Waals surface area contributed by atoms with Crippen LogP contribution in [0.4, 0.5) is 0 Å². The third-order valence-corrected chi connectivity index (χ3v) is 4.69. The lowest BCUT2D eigenvalue weighted by atomic mass is 9.88. The summed E-state index contributed by atoms with van der Waals surface area (Å²) in [5.41, 5.74) is 0.812. The standard InChI is InChI=1S/C20H36O2/c1-3-4-5-6-7-8-9-13-16-22-20(21)18(2)17-19-14-11-10-12-15-19/h17,19H,3-16H2,1-2H3. The van der Waals surface area contributed by atoms with Crippen LogP contribution in [0.3, 0.4) is 0 Å². The van der Waals surface area contributed by atoms with E-state index in [1.165, 1.54) is 77.0 Å². The third kappa shape index (κ3) is 9.27. The van der Waals surface area contributed by atoms with E-state index < -0.39 is 0 Å². The number of hydrogen-bond acceptors (Lipinski definition) is 2. The van der Waals surface area contributed by atoms with E-state index in [4.69, 9.17) is 4.74 Å². The monoisotopic (exact) mass is 308 g/mol. The highest BCUT2D eigenvalue weighted by atomic mass is 16.5. The number of hydrogen-bond donors (Lipinski definition) is 0. The topological polar surface area (TPSA) is 26.3 Å². The van der Waals surface area contributed by atoms with Crippen LogP contribution in [0.15, 0.2) is 11.6 Å². The molecule has 0 saturated heterocycles. The molecule has 0 unspecified atom stereocenters. The minimum Gasteiger partial charge on any atom is -0.462 e. The van der Waals surface area contributed by atoms with Gasteiger partial charge in [-0.05, 0) is 32.1 Å². The van der Waals surface area contributed by atoms with E-state index in [2.05, 4.69) is 13.0 Å². The fourth-order valence-electron chi connectivity index (χ4n) is 3.24. The first-order valence-electron chi connectivity index (χ1n) is 9.59. The molecule has 1 saturated carbocycles. The first-order chi connectivity index (χ1) is 10.7. The molecule has 0 heterocycles. The SMILES string of the molecule is CCCCCCCCCCOC(=O)C(C)=CC1CCCCC1. The van der Waals surface area contributed by atoms with Crippen molar-refractivity contribution in [2.24, 2.45) is 5.92 Å². The van der Waals surface area contributed by atoms with Gasteiger partial charge >= 0.3 is 5.97 Å². The zero-order valence-corrected chi connectivity index (χ0v) is 14.9. The molecule has 0 bridgehead atoms. The van der Waals surface area contributed by atoms with Crippen LogP contribution in [0.5, 0.6) is 0 Å². The number of carbonyl (C=O) groups is 1. The first-order valence-corrected chi connectivity index (χ1v) is 9.59. The molecular weight excluding hydrogens is 272 g/mol. The maximum Gasteiger partial charge on any atom is 0.333 e. The molecule has 22 heavy (non-hydrogen) atoms. The fourth-order valence-corrected chi connectivity index (χ4v) is 3.24. The van der Waals surface area contributed by atoms with Crippen molar-refractivity contribution in [2.75, 3.05) is 6.61 Å². The van der Waals surface area contributed by atoms with E-state index in [1.54, 1.807) is 0 Å². The zero-order valence-electron chi connectivity index (χ0n) is 14.9. The molecule has 128 valence electrons. The van der Waals surface area contributed by atoms with E-state index in [9.17, 15) is 4.79 Å². The van der Waals surface area contributed by atoms with Gasteiger partial charge < -0.3 is 4.74 Å². The molecule has 0 radical (unpaired) electrons. The molecule has 0 aliphatic heterocycles. The molecule has 0 aromatic heterocycles. The zero-order chi connectivity index (χ0) is 16.0. The third-order valence-electron chi connectivity index (χ3n) is 4.69. The molecule has 0 atom stereocenters. The molecule has 0 aromatic carbocycles. The van der Waals surface area contributed by atoms with Crippen LogP contribution in [0.1, 0.15) is 97.3 Å². The van der Waals surface area contributed by atoms with E-state index in [0.717, 1.165) is 12.0 Å². The van der Waals surface area contributed by atoms with Crippen molar-refractivity contribution < 1.29 is 9.53 Å². The molecule has 0 spiro atoms. The Morgan fingerprint density at radius 2 is 1.55 bits per heavy atom. The Balaban J connectivity index is 2.01. The van der Waals surface area contributed by atoms with Crippen LogP contribution < -0.4 is 0 Å². The summed E-state index contributed by atoms with van der Waals surface area (Å²) in [6, 6.07) is 0. The highest BCUT2D eigenvalue weighted by Gasteiger charge is 2.13. The quantitative estimate of drug-likeness (QED) is 0.258. The number of ether oxygens (including phenoxy) is 1. The van der Waals surface area contributed by atoms with E-state index >= 15 is 0 Å². The van der Waals surface area contributed by atoms with Gasteiger partial charge in [0.15, 0.2) is 0 Å². The number of rotatable bonds is 11. The second kappa shape index (κ2) is 12.7. The number of carbonyl (C=O) groups excluding carboxylic acids is 1. The smallest absolute Gasteiger partial charge is 0.333 e. The van der Waals surface area contributed by atoms with Crippen molar-refractivity contribution in [2.45, 2.75) is 97.3 Å². The lowest BCUT2D eigenvalue weighted by Crippen LogP contribution is -2.10. The average Bonchev–Trinajstić information content (AvgIpc) is 2.54. The van der Waals surface area contributed by atoms with E-state index in [1.807, 2.05) is 6.92 Å². The second-order valence-corrected chi connectivity index (χ2v) is 6.86. The molecule has 1 fully saturated rings. The molecule has 0 aromatic rings. The predicted molar refractivity (Wildman–Crippen MR) is 93.9 cm³/mol. The highest BCUT2D eigenvalue weighted by Crippen LogP contribution is 2.25. The summed E-state index contributed by atoms with van der Waals surface area (Å²) in [6.45, 7) is 4.74. The predicted octanol–water partition coefficient (Wildman–Crippen LogP) is 6.20. The summed E-state index contributed by atoms with van der Waals surface area (Å²) in [5, 5.41) is 0. The van der Waals surface area contributed by atoms with Crippen molar-refractivity contribution >= 4 is 5.97 Å². The Hall–Kier alpha value is -0.790. The minimum atomic E-state index is -0.103. The Labute approximate surface area is 137 Å². The van der Waals surface area contributed by atoms with Gasteiger partial charge in [-0.2, -0.15) is 0 Å². The Morgan fingerprint density at radius 1 is 0.955 bits per heavy atom. The van der Waals surface area contributed by atoms with Gasteiger partial charge in [0.1, 0.15) is 0 Å².